The first-order chi connectivity index (χ1) is 18.9. The number of rotatable bonds is 6. The lowest BCUT2D eigenvalue weighted by molar-refractivity contribution is -0.223. The highest BCUT2D eigenvalue weighted by atomic mass is 32.2. The molecular weight excluding hydrogens is 573 g/mol. The van der Waals surface area contributed by atoms with E-state index in [9.17, 15) is 26.4 Å². The zero-order valence-corrected chi connectivity index (χ0v) is 23.3. The SMILES string of the molecule is Cc1cc(C(F)(F)F)nn1CC(=O)N1CCC(c2nc(C3OCc4ccccc4C(OS(C)(=O)=O)O3)cs2)CC1. The van der Waals surface area contributed by atoms with Crippen molar-refractivity contribution in [2.75, 3.05) is 19.3 Å². The predicted molar refractivity (Wildman–Crippen MR) is 136 cm³/mol. The number of halogens is 3. The third kappa shape index (κ3) is 6.54. The Balaban J connectivity index is 1.21. The van der Waals surface area contributed by atoms with Crippen molar-refractivity contribution in [2.24, 2.45) is 0 Å². The minimum Gasteiger partial charge on any atom is -0.342 e. The number of amides is 1. The molecule has 3 aromatic rings. The van der Waals surface area contributed by atoms with Gasteiger partial charge in [0.15, 0.2) is 5.69 Å². The predicted octanol–water partition coefficient (Wildman–Crippen LogP) is 4.29. The highest BCUT2D eigenvalue weighted by molar-refractivity contribution is 7.86. The number of benzene rings is 1. The van der Waals surface area contributed by atoms with Crippen molar-refractivity contribution in [2.45, 2.75) is 57.6 Å². The fraction of sp³-hybridized carbons (Fsp3) is 0.480. The average Bonchev–Trinajstić information content (AvgIpc) is 3.48. The van der Waals surface area contributed by atoms with Crippen molar-refractivity contribution in [1.29, 1.82) is 0 Å². The molecule has 1 aromatic carbocycles. The Labute approximate surface area is 232 Å². The number of hydrogen-bond donors (Lipinski definition) is 0. The van der Waals surface area contributed by atoms with Crippen molar-refractivity contribution in [1.82, 2.24) is 19.7 Å². The molecule has 15 heteroatoms. The van der Waals surface area contributed by atoms with E-state index in [-0.39, 0.29) is 30.7 Å². The minimum absolute atomic E-state index is 0.0668. The number of alkyl halides is 3. The van der Waals surface area contributed by atoms with Gasteiger partial charge in [0, 0.05) is 35.6 Å². The molecule has 5 rings (SSSR count). The van der Waals surface area contributed by atoms with Crippen LogP contribution in [0.1, 0.15) is 64.6 Å². The molecular formula is C25H27F3N4O6S2. The number of carbonyl (C=O) groups excluding carboxylic acids is 1. The Hall–Kier alpha value is -2.85. The number of thiazole rings is 1. The maximum absolute atomic E-state index is 12.9. The molecule has 1 fully saturated rings. The lowest BCUT2D eigenvalue weighted by Gasteiger charge is -2.31. The number of hydrogen-bond acceptors (Lipinski definition) is 9. The maximum Gasteiger partial charge on any atom is 0.435 e. The third-order valence-electron chi connectivity index (χ3n) is 6.74. The van der Waals surface area contributed by atoms with Crippen molar-refractivity contribution in [3.63, 3.8) is 0 Å². The molecule has 1 saturated heterocycles. The Morgan fingerprint density at radius 2 is 1.95 bits per heavy atom. The zero-order chi connectivity index (χ0) is 28.7. The van der Waals surface area contributed by atoms with Gasteiger partial charge in [-0.05, 0) is 31.4 Å². The Bertz CT molecular complexity index is 1480. The molecule has 0 saturated carbocycles. The molecule has 2 aliphatic rings. The molecule has 40 heavy (non-hydrogen) atoms. The van der Waals surface area contributed by atoms with Gasteiger partial charge in [-0.25, -0.2) is 9.17 Å². The van der Waals surface area contributed by atoms with Crippen molar-refractivity contribution in [3.05, 3.63) is 68.9 Å². The molecule has 2 aliphatic heterocycles. The van der Waals surface area contributed by atoms with E-state index < -0.39 is 34.6 Å². The van der Waals surface area contributed by atoms with E-state index >= 15 is 0 Å². The second-order valence-corrected chi connectivity index (χ2v) is 12.2. The van der Waals surface area contributed by atoms with Crippen LogP contribution in [0.2, 0.25) is 0 Å². The second kappa shape index (κ2) is 11.2. The second-order valence-electron chi connectivity index (χ2n) is 9.70. The molecule has 2 aromatic heterocycles. The maximum atomic E-state index is 12.9. The van der Waals surface area contributed by atoms with Gasteiger partial charge in [-0.3, -0.25) is 9.48 Å². The summed E-state index contributed by atoms with van der Waals surface area (Å²) < 4.78 is 80.7. The van der Waals surface area contributed by atoms with Crippen LogP contribution in [-0.2, 0) is 47.9 Å². The lowest BCUT2D eigenvalue weighted by atomic mass is 9.97. The first-order valence-electron chi connectivity index (χ1n) is 12.5. The summed E-state index contributed by atoms with van der Waals surface area (Å²) in [5, 5.41) is 6.16. The Morgan fingerprint density at radius 1 is 1.23 bits per heavy atom. The number of fused-ring (bicyclic) bond motifs is 1. The van der Waals surface area contributed by atoms with Crippen LogP contribution in [0.4, 0.5) is 13.2 Å². The molecule has 10 nitrogen and oxygen atoms in total. The molecule has 0 spiro atoms. The Morgan fingerprint density at radius 3 is 2.62 bits per heavy atom. The summed E-state index contributed by atoms with van der Waals surface area (Å²) in [6.07, 6.45) is -4.51. The number of aryl methyl sites for hydroxylation is 1. The van der Waals surface area contributed by atoms with Gasteiger partial charge >= 0.3 is 6.18 Å². The summed E-state index contributed by atoms with van der Waals surface area (Å²) in [5.74, 6) is -0.230. The van der Waals surface area contributed by atoms with Crippen molar-refractivity contribution in [3.8, 4) is 0 Å². The molecule has 2 unspecified atom stereocenters. The lowest BCUT2D eigenvalue weighted by Crippen LogP contribution is -2.40. The van der Waals surface area contributed by atoms with E-state index in [1.807, 2.05) is 12.1 Å². The molecule has 2 atom stereocenters. The number of piperidine rings is 1. The van der Waals surface area contributed by atoms with Gasteiger partial charge in [0.1, 0.15) is 12.2 Å². The van der Waals surface area contributed by atoms with Crippen LogP contribution >= 0.6 is 11.3 Å². The number of ether oxygens (including phenoxy) is 2. The topological polar surface area (TPSA) is 113 Å². The van der Waals surface area contributed by atoms with Crippen LogP contribution in [0.25, 0.3) is 0 Å². The number of nitrogens with zero attached hydrogens (tertiary/aromatic N) is 4. The monoisotopic (exact) mass is 600 g/mol. The molecule has 0 radical (unpaired) electrons. The average molecular weight is 601 g/mol. The number of likely N-dealkylation sites (tertiary alicyclic amines) is 1. The van der Waals surface area contributed by atoms with Gasteiger partial charge in [0.25, 0.3) is 10.1 Å². The van der Waals surface area contributed by atoms with Crippen LogP contribution in [0.5, 0.6) is 0 Å². The number of carbonyl (C=O) groups is 1. The van der Waals surface area contributed by atoms with E-state index in [0.717, 1.165) is 27.6 Å². The quantitative estimate of drug-likeness (QED) is 0.385. The van der Waals surface area contributed by atoms with E-state index in [4.69, 9.17) is 18.6 Å². The van der Waals surface area contributed by atoms with Crippen LogP contribution in [0, 0.1) is 6.92 Å². The molecule has 0 N–H and O–H groups in total. The van der Waals surface area contributed by atoms with Crippen molar-refractivity contribution < 1.29 is 40.0 Å². The van der Waals surface area contributed by atoms with E-state index in [2.05, 4.69) is 5.10 Å². The first kappa shape index (κ1) is 28.7. The molecule has 4 heterocycles. The summed E-state index contributed by atoms with van der Waals surface area (Å²) >= 11 is 1.42. The summed E-state index contributed by atoms with van der Waals surface area (Å²) in [7, 11) is -3.83. The van der Waals surface area contributed by atoms with E-state index in [1.54, 1.807) is 22.4 Å². The van der Waals surface area contributed by atoms with Crippen LogP contribution in [-0.4, -0.2) is 53.3 Å². The van der Waals surface area contributed by atoms with Crippen molar-refractivity contribution >= 4 is 27.4 Å². The largest absolute Gasteiger partial charge is 0.435 e. The van der Waals surface area contributed by atoms with Crippen LogP contribution < -0.4 is 0 Å². The normalized spacial score (nSPS) is 20.8. The van der Waals surface area contributed by atoms with Crippen LogP contribution in [0.15, 0.2) is 35.7 Å². The van der Waals surface area contributed by atoms with Gasteiger partial charge in [-0.15, -0.1) is 11.3 Å². The molecule has 0 bridgehead atoms. The highest BCUT2D eigenvalue weighted by Crippen LogP contribution is 2.38. The van der Waals surface area contributed by atoms with Gasteiger partial charge < -0.3 is 14.4 Å². The van der Waals surface area contributed by atoms with Gasteiger partial charge in [0.2, 0.25) is 18.5 Å². The summed E-state index contributed by atoms with van der Waals surface area (Å²) in [6.45, 7) is 2.26. The summed E-state index contributed by atoms with van der Waals surface area (Å²) in [5.41, 5.74) is 1.04. The molecule has 1 amide bonds. The van der Waals surface area contributed by atoms with Gasteiger partial charge in [0.05, 0.1) is 17.9 Å². The highest BCUT2D eigenvalue weighted by Gasteiger charge is 2.35. The van der Waals surface area contributed by atoms with E-state index in [1.165, 1.54) is 18.3 Å². The zero-order valence-electron chi connectivity index (χ0n) is 21.6. The summed E-state index contributed by atoms with van der Waals surface area (Å²) in [4.78, 5) is 19.1. The molecule has 216 valence electrons. The smallest absolute Gasteiger partial charge is 0.342 e. The van der Waals surface area contributed by atoms with E-state index in [0.29, 0.717) is 37.2 Å². The van der Waals surface area contributed by atoms with Gasteiger partial charge in [-0.2, -0.15) is 26.7 Å². The Kier molecular flexibility index (Phi) is 8.03. The number of aromatic nitrogens is 3. The van der Waals surface area contributed by atoms with Crippen LogP contribution in [0.3, 0.4) is 0 Å². The molecule has 0 aliphatic carbocycles. The fourth-order valence-electron chi connectivity index (χ4n) is 4.68. The third-order valence-corrected chi connectivity index (χ3v) is 8.29. The summed E-state index contributed by atoms with van der Waals surface area (Å²) in [6, 6.07) is 8.03. The first-order valence-corrected chi connectivity index (χ1v) is 15.1. The fourth-order valence-corrected chi connectivity index (χ4v) is 6.14. The standard InChI is InChI=1S/C25H27F3N4O6S2/c1-15-11-20(25(26,27)28)30-32(15)12-21(33)31-9-7-16(8-10-31)22-29-19(14-39-22)24-36-13-17-5-3-4-6-18(17)23(37-24)38-40(2,34)35/h3-6,11,14,16,23-24H,7-10,12-13H2,1-2H3. The van der Waals surface area contributed by atoms with Gasteiger partial charge in [-0.1, -0.05) is 24.3 Å². The minimum atomic E-state index is -4.57.